The van der Waals surface area contributed by atoms with Crippen LogP contribution in [0.4, 0.5) is 8.78 Å². The summed E-state index contributed by atoms with van der Waals surface area (Å²) in [5.74, 6) is -2.68. The van der Waals surface area contributed by atoms with Gasteiger partial charge in [0.15, 0.2) is 11.6 Å². The fourth-order valence-electron chi connectivity index (χ4n) is 1.38. The summed E-state index contributed by atoms with van der Waals surface area (Å²) in [5.41, 5.74) is -0.416. The molecule has 0 aliphatic rings. The molecule has 0 aliphatic carbocycles. The van der Waals surface area contributed by atoms with Gasteiger partial charge in [0, 0.05) is 12.6 Å². The van der Waals surface area contributed by atoms with Gasteiger partial charge in [-0.25, -0.2) is 8.78 Å². The molecule has 1 aromatic rings. The summed E-state index contributed by atoms with van der Waals surface area (Å²) < 4.78 is 31.6. The highest BCUT2D eigenvalue weighted by Gasteiger charge is 2.21. The minimum absolute atomic E-state index is 0. The first-order valence-electron chi connectivity index (χ1n) is 5.48. The predicted molar refractivity (Wildman–Crippen MR) is 71.0 cm³/mol. The Hall–Kier alpha value is -1.40. The lowest BCUT2D eigenvalue weighted by Gasteiger charge is -2.13. The zero-order valence-electron chi connectivity index (χ0n) is 10.9. The van der Waals surface area contributed by atoms with Crippen LogP contribution in [0.15, 0.2) is 12.1 Å². The number of benzene rings is 1. The molecule has 0 fully saturated rings. The summed E-state index contributed by atoms with van der Waals surface area (Å²) >= 11 is 0. The van der Waals surface area contributed by atoms with E-state index in [1.165, 1.54) is 7.11 Å². The number of amides is 1. The van der Waals surface area contributed by atoms with E-state index in [2.05, 4.69) is 10.6 Å². The summed E-state index contributed by atoms with van der Waals surface area (Å²) in [4.78, 5) is 11.8. The van der Waals surface area contributed by atoms with Gasteiger partial charge >= 0.3 is 0 Å². The quantitative estimate of drug-likeness (QED) is 0.870. The minimum Gasteiger partial charge on any atom is -0.493 e. The Morgan fingerprint density at radius 1 is 1.37 bits per heavy atom. The topological polar surface area (TPSA) is 50.4 Å². The highest BCUT2D eigenvalue weighted by atomic mass is 35.5. The molecule has 4 nitrogen and oxygen atoms in total. The molecule has 0 heterocycles. The number of carbonyl (C=O) groups excluding carboxylic acids is 1. The summed E-state index contributed by atoms with van der Waals surface area (Å²) in [6.07, 6.45) is 0. The van der Waals surface area contributed by atoms with Crippen LogP contribution in [-0.2, 0) is 0 Å². The van der Waals surface area contributed by atoms with Crippen molar-refractivity contribution in [2.75, 3.05) is 20.7 Å². The highest BCUT2D eigenvalue weighted by molar-refractivity contribution is 5.97. The zero-order chi connectivity index (χ0) is 13.7. The molecule has 1 amide bonds. The van der Waals surface area contributed by atoms with Gasteiger partial charge in [0.1, 0.15) is 11.4 Å². The molecule has 0 saturated heterocycles. The number of nitrogens with one attached hydrogen (secondary N) is 2. The van der Waals surface area contributed by atoms with Crippen LogP contribution in [0.25, 0.3) is 0 Å². The molecule has 19 heavy (non-hydrogen) atoms. The molecule has 0 aromatic heterocycles. The third-order valence-corrected chi connectivity index (χ3v) is 2.55. The van der Waals surface area contributed by atoms with Gasteiger partial charge in [0.05, 0.1) is 7.11 Å². The molecule has 0 saturated carbocycles. The van der Waals surface area contributed by atoms with Gasteiger partial charge in [-0.15, -0.1) is 12.4 Å². The summed E-state index contributed by atoms with van der Waals surface area (Å²) in [7, 11) is 2.92. The van der Waals surface area contributed by atoms with Crippen LogP contribution in [0.1, 0.15) is 17.3 Å². The molecular formula is C12H17ClF2N2O2. The van der Waals surface area contributed by atoms with E-state index in [1.54, 1.807) is 7.05 Å². The SMILES string of the molecule is CNC(C)CNC(=O)c1c(F)ccc(F)c1OC.Cl. The normalized spacial score (nSPS) is 11.4. The van der Waals surface area contributed by atoms with Crippen molar-refractivity contribution in [1.82, 2.24) is 10.6 Å². The standard InChI is InChI=1S/C12H16F2N2O2.ClH/c1-7(15-2)6-16-12(17)10-8(13)4-5-9(14)11(10)18-3;/h4-5,7,15H,6H2,1-3H3,(H,16,17);1H. The fourth-order valence-corrected chi connectivity index (χ4v) is 1.38. The lowest BCUT2D eigenvalue weighted by Crippen LogP contribution is -2.37. The molecule has 0 radical (unpaired) electrons. The van der Waals surface area contributed by atoms with Crippen LogP contribution in [0.2, 0.25) is 0 Å². The highest BCUT2D eigenvalue weighted by Crippen LogP contribution is 2.24. The first-order valence-corrected chi connectivity index (χ1v) is 5.48. The van der Waals surface area contributed by atoms with Crippen LogP contribution in [0.3, 0.4) is 0 Å². The molecule has 0 aliphatic heterocycles. The number of carbonyl (C=O) groups is 1. The maximum atomic E-state index is 13.6. The second kappa shape index (κ2) is 7.91. The Kier molecular flexibility index (Phi) is 7.33. The van der Waals surface area contributed by atoms with Crippen molar-refractivity contribution in [3.05, 3.63) is 29.3 Å². The smallest absolute Gasteiger partial charge is 0.258 e. The zero-order valence-corrected chi connectivity index (χ0v) is 11.7. The summed E-state index contributed by atoms with van der Waals surface area (Å²) in [5, 5.41) is 5.42. The predicted octanol–water partition coefficient (Wildman–Crippen LogP) is 1.73. The van der Waals surface area contributed by atoms with E-state index in [9.17, 15) is 13.6 Å². The second-order valence-corrected chi connectivity index (χ2v) is 3.84. The average Bonchev–Trinajstić information content (AvgIpc) is 2.37. The Labute approximate surface area is 116 Å². The number of hydrogen-bond donors (Lipinski definition) is 2. The van der Waals surface area contributed by atoms with Crippen LogP contribution in [0.5, 0.6) is 5.75 Å². The first-order chi connectivity index (χ1) is 8.51. The van der Waals surface area contributed by atoms with Crippen molar-refractivity contribution in [3.63, 3.8) is 0 Å². The Balaban J connectivity index is 0.00000324. The van der Waals surface area contributed by atoms with E-state index in [-0.39, 0.29) is 24.2 Å². The minimum atomic E-state index is -0.817. The Morgan fingerprint density at radius 2 is 1.95 bits per heavy atom. The van der Waals surface area contributed by atoms with E-state index in [0.717, 1.165) is 12.1 Å². The van der Waals surface area contributed by atoms with E-state index in [1.807, 2.05) is 6.92 Å². The van der Waals surface area contributed by atoms with E-state index in [4.69, 9.17) is 4.74 Å². The van der Waals surface area contributed by atoms with Gasteiger partial charge in [-0.05, 0) is 26.1 Å². The van der Waals surface area contributed by atoms with Gasteiger partial charge in [-0.1, -0.05) is 0 Å². The number of halogens is 3. The number of ether oxygens (including phenoxy) is 1. The molecule has 108 valence electrons. The number of likely N-dealkylation sites (N-methyl/N-ethyl adjacent to an activating group) is 1. The van der Waals surface area contributed by atoms with Crippen molar-refractivity contribution in [3.8, 4) is 5.75 Å². The first kappa shape index (κ1) is 17.6. The van der Waals surface area contributed by atoms with Crippen LogP contribution < -0.4 is 15.4 Å². The van der Waals surface area contributed by atoms with Crippen molar-refractivity contribution in [1.29, 1.82) is 0 Å². The lowest BCUT2D eigenvalue weighted by molar-refractivity contribution is 0.0942. The molecule has 0 spiro atoms. The number of rotatable bonds is 5. The second-order valence-electron chi connectivity index (χ2n) is 3.84. The van der Waals surface area contributed by atoms with Crippen LogP contribution >= 0.6 is 12.4 Å². The van der Waals surface area contributed by atoms with E-state index < -0.39 is 23.1 Å². The van der Waals surface area contributed by atoms with Gasteiger partial charge in [0.25, 0.3) is 5.91 Å². The molecular weight excluding hydrogens is 278 g/mol. The number of hydrogen-bond acceptors (Lipinski definition) is 3. The maximum absolute atomic E-state index is 13.6. The Morgan fingerprint density at radius 3 is 2.47 bits per heavy atom. The van der Waals surface area contributed by atoms with E-state index >= 15 is 0 Å². The molecule has 1 unspecified atom stereocenters. The third-order valence-electron chi connectivity index (χ3n) is 2.55. The Bertz CT molecular complexity index is 444. The van der Waals surface area contributed by atoms with Crippen molar-refractivity contribution < 1.29 is 18.3 Å². The molecule has 1 aromatic carbocycles. The fraction of sp³-hybridized carbons (Fsp3) is 0.417. The molecule has 1 atom stereocenters. The third kappa shape index (κ3) is 4.33. The lowest BCUT2D eigenvalue weighted by atomic mass is 10.1. The molecule has 1 rings (SSSR count). The van der Waals surface area contributed by atoms with Gasteiger partial charge < -0.3 is 15.4 Å². The maximum Gasteiger partial charge on any atom is 0.258 e. The van der Waals surface area contributed by atoms with Crippen molar-refractivity contribution >= 4 is 18.3 Å². The number of methoxy groups -OCH3 is 1. The summed E-state index contributed by atoms with van der Waals surface area (Å²) in [6, 6.07) is 1.84. The van der Waals surface area contributed by atoms with Crippen LogP contribution in [-0.4, -0.2) is 32.7 Å². The summed E-state index contributed by atoms with van der Waals surface area (Å²) in [6.45, 7) is 2.15. The van der Waals surface area contributed by atoms with Gasteiger partial charge in [-0.2, -0.15) is 0 Å². The molecule has 0 bridgehead atoms. The van der Waals surface area contributed by atoms with Crippen molar-refractivity contribution in [2.45, 2.75) is 13.0 Å². The average molecular weight is 295 g/mol. The van der Waals surface area contributed by atoms with E-state index in [0.29, 0.717) is 6.54 Å². The van der Waals surface area contributed by atoms with Crippen molar-refractivity contribution in [2.24, 2.45) is 0 Å². The molecule has 2 N–H and O–H groups in total. The molecule has 7 heteroatoms. The largest absolute Gasteiger partial charge is 0.493 e. The van der Waals surface area contributed by atoms with Gasteiger partial charge in [-0.3, -0.25) is 4.79 Å². The van der Waals surface area contributed by atoms with Gasteiger partial charge in [0.2, 0.25) is 0 Å². The monoisotopic (exact) mass is 294 g/mol. The van der Waals surface area contributed by atoms with Crippen LogP contribution in [0, 0.1) is 11.6 Å².